The molecule has 3 rings (SSSR count). The average molecular weight is 596 g/mol. The van der Waals surface area contributed by atoms with Gasteiger partial charge in [0.25, 0.3) is 0 Å². The van der Waals surface area contributed by atoms with Crippen molar-refractivity contribution in [2.75, 3.05) is 0 Å². The van der Waals surface area contributed by atoms with Crippen LogP contribution in [0.1, 0.15) is 0 Å². The Morgan fingerprint density at radius 3 is 1.19 bits per heavy atom. The second kappa shape index (κ2) is 13.9. The van der Waals surface area contributed by atoms with Gasteiger partial charge < -0.3 is 0 Å². The summed E-state index contributed by atoms with van der Waals surface area (Å²) in [5, 5.41) is 3.32. The van der Waals surface area contributed by atoms with Crippen molar-refractivity contribution in [3.8, 4) is 0 Å². The zero-order valence-electron chi connectivity index (χ0n) is 14.5. The van der Waals surface area contributed by atoms with Crippen LogP contribution in [-0.4, -0.2) is 5.94 Å². The molecule has 1 nitrogen and oxygen atoms in total. The predicted octanol–water partition coefficient (Wildman–Crippen LogP) is 5.16. The summed E-state index contributed by atoms with van der Waals surface area (Å²) < 4.78 is 0. The minimum absolute atomic E-state index is 0.472. The maximum atomic E-state index is 11.3. The first kappa shape index (κ1) is 23.8. The van der Waals surface area contributed by atoms with Crippen LogP contribution in [-0.2, 0) is 21.3 Å². The van der Waals surface area contributed by atoms with E-state index in [2.05, 4.69) is 56.1 Å². The van der Waals surface area contributed by atoms with Crippen molar-refractivity contribution in [1.82, 2.24) is 0 Å². The van der Waals surface area contributed by atoms with Gasteiger partial charge >= 0.3 is 35.3 Å². The van der Waals surface area contributed by atoms with Crippen LogP contribution < -0.4 is 15.9 Å². The van der Waals surface area contributed by atoms with E-state index in [-0.39, 0.29) is 0 Å². The van der Waals surface area contributed by atoms with Gasteiger partial charge in [-0.05, 0) is 43.7 Å². The van der Waals surface area contributed by atoms with E-state index in [1.807, 2.05) is 60.5 Å². The third-order valence-corrected chi connectivity index (χ3v) is 7.29. The zero-order chi connectivity index (χ0) is 20.0. The summed E-state index contributed by atoms with van der Waals surface area (Å²) in [6, 6.07) is 30.4. The number of carbonyl (C=O) groups excluding carboxylic acids is 1. The molecule has 0 aromatic heterocycles. The SMILES string of the molecule is O=C=[C-][P+](c1ccccc1)(c1ccccc1)c1ccccc1.[CH2][CH2].[Cl][Pt][Cl]. The van der Waals surface area contributed by atoms with Crippen LogP contribution in [0.15, 0.2) is 91.0 Å². The van der Waals surface area contributed by atoms with Crippen LogP contribution in [0.3, 0.4) is 0 Å². The summed E-state index contributed by atoms with van der Waals surface area (Å²) in [4.78, 5) is 11.3. The third-order valence-electron chi connectivity index (χ3n) is 3.64. The van der Waals surface area contributed by atoms with Crippen molar-refractivity contribution in [3.63, 3.8) is 0 Å². The Kier molecular flexibility index (Phi) is 12.3. The van der Waals surface area contributed by atoms with E-state index in [4.69, 9.17) is 18.8 Å². The molecule has 3 aromatic carbocycles. The van der Waals surface area contributed by atoms with E-state index < -0.39 is 23.7 Å². The molecule has 0 heterocycles. The second-order valence-electron chi connectivity index (χ2n) is 4.94. The molecular weight excluding hydrogens is 577 g/mol. The van der Waals surface area contributed by atoms with Crippen LogP contribution in [0.25, 0.3) is 0 Å². The summed E-state index contributed by atoms with van der Waals surface area (Å²) in [5.41, 5.74) is 0. The molecule has 0 fully saturated rings. The van der Waals surface area contributed by atoms with Gasteiger partial charge in [-0.3, -0.25) is 4.79 Å². The van der Waals surface area contributed by atoms with Gasteiger partial charge in [0.15, 0.2) is 0 Å². The Morgan fingerprint density at radius 2 is 0.963 bits per heavy atom. The normalized spacial score (nSPS) is 9.78. The van der Waals surface area contributed by atoms with E-state index >= 15 is 0 Å². The van der Waals surface area contributed by atoms with Crippen LogP contribution >= 0.6 is 26.1 Å². The molecule has 0 aliphatic carbocycles. The van der Waals surface area contributed by atoms with E-state index in [9.17, 15) is 4.79 Å². The molecule has 0 atom stereocenters. The van der Waals surface area contributed by atoms with Gasteiger partial charge in [-0.25, -0.2) is 0 Å². The Labute approximate surface area is 179 Å². The summed E-state index contributed by atoms with van der Waals surface area (Å²) in [7, 11) is 7.52. The van der Waals surface area contributed by atoms with Gasteiger partial charge in [0.2, 0.25) is 0 Å². The van der Waals surface area contributed by atoms with Crippen molar-refractivity contribution in [2.24, 2.45) is 0 Å². The molecule has 0 aliphatic heterocycles. The quantitative estimate of drug-likeness (QED) is 0.231. The molecule has 0 N–H and O–H groups in total. The fraction of sp³-hybridized carbons (Fsp3) is 0. The van der Waals surface area contributed by atoms with Crippen molar-refractivity contribution in [1.29, 1.82) is 0 Å². The minimum atomic E-state index is -2.23. The van der Waals surface area contributed by atoms with Crippen LogP contribution in [0.5, 0.6) is 0 Å². The van der Waals surface area contributed by atoms with Crippen molar-refractivity contribution >= 4 is 48.0 Å². The number of rotatable bonds is 4. The molecule has 0 saturated heterocycles. The molecule has 3 aromatic rings. The van der Waals surface area contributed by atoms with E-state index in [0.717, 1.165) is 15.9 Å². The Morgan fingerprint density at radius 1 is 0.704 bits per heavy atom. The summed E-state index contributed by atoms with van der Waals surface area (Å²) in [6.45, 7) is 6.00. The molecule has 0 unspecified atom stereocenters. The molecule has 0 bridgehead atoms. The zero-order valence-corrected chi connectivity index (χ0v) is 19.2. The number of benzene rings is 3. The number of halogens is 2. The summed E-state index contributed by atoms with van der Waals surface area (Å²) in [5.74, 6) is 5.00. The monoisotopic (exact) mass is 595 g/mol. The van der Waals surface area contributed by atoms with E-state index in [1.165, 1.54) is 0 Å². The van der Waals surface area contributed by atoms with Crippen molar-refractivity contribution < 1.29 is 21.3 Å². The van der Waals surface area contributed by atoms with E-state index in [1.54, 1.807) is 0 Å². The molecule has 0 spiro atoms. The van der Waals surface area contributed by atoms with Gasteiger partial charge in [-0.2, -0.15) is 5.82 Å². The number of hydrogen-bond acceptors (Lipinski definition) is 1. The summed E-state index contributed by atoms with van der Waals surface area (Å²) >= 11 is -0.472. The molecular formula is C22H19Cl2OPPt. The third kappa shape index (κ3) is 6.43. The first-order valence-electron chi connectivity index (χ1n) is 7.82. The van der Waals surface area contributed by atoms with Crippen molar-refractivity contribution in [3.05, 3.63) is 111 Å². The maximum absolute atomic E-state index is 11.3. The first-order chi connectivity index (χ1) is 13.3. The topological polar surface area (TPSA) is 17.1 Å². The fourth-order valence-electron chi connectivity index (χ4n) is 2.66. The van der Waals surface area contributed by atoms with Gasteiger partial charge in [0.05, 0.1) is 15.9 Å². The molecule has 0 saturated carbocycles. The summed E-state index contributed by atoms with van der Waals surface area (Å²) in [6.07, 6.45) is 0. The molecule has 27 heavy (non-hydrogen) atoms. The average Bonchev–Trinajstić information content (AvgIpc) is 2.76. The van der Waals surface area contributed by atoms with Gasteiger partial charge in [0, 0.05) is 0 Å². The Hall–Kier alpha value is -1.19. The van der Waals surface area contributed by atoms with Crippen LogP contribution in [0.4, 0.5) is 0 Å². The Bertz CT molecular complexity index is 711. The van der Waals surface area contributed by atoms with Crippen LogP contribution in [0.2, 0.25) is 0 Å². The Balaban J connectivity index is 0.000000665. The standard InChI is InChI=1S/C20H15OP.C2H4.2ClH.Pt/c21-16-17-22(18-10-4-1-5-11-18,19-12-6-2-7-13-19)20-14-8-3-9-15-20;1-2;;;/h1-15H;1-2H2;2*1H;/q;;;;+2/p-2. The molecule has 0 amide bonds. The van der Waals surface area contributed by atoms with E-state index in [0.29, 0.717) is 0 Å². The number of hydrogen-bond donors (Lipinski definition) is 0. The molecule has 142 valence electrons. The fourth-order valence-corrected chi connectivity index (χ4v) is 5.94. The second-order valence-corrected chi connectivity index (χ2v) is 11.3. The first-order valence-corrected chi connectivity index (χ1v) is 15.2. The molecule has 5 heteroatoms. The van der Waals surface area contributed by atoms with Gasteiger partial charge in [0.1, 0.15) is 0 Å². The molecule has 2 radical (unpaired) electrons. The van der Waals surface area contributed by atoms with Gasteiger partial charge in [-0.15, -0.1) is 0 Å². The van der Waals surface area contributed by atoms with Gasteiger partial charge in [-0.1, -0.05) is 74.4 Å². The van der Waals surface area contributed by atoms with Crippen molar-refractivity contribution in [2.45, 2.75) is 0 Å². The van der Waals surface area contributed by atoms with Crippen LogP contribution in [0, 0.1) is 19.7 Å². The predicted molar refractivity (Wildman–Crippen MR) is 117 cm³/mol. The molecule has 0 aliphatic rings.